The molecular weight excluding hydrogens is 314 g/mol. The molecule has 1 aromatic carbocycles. The van der Waals surface area contributed by atoms with E-state index in [1.807, 2.05) is 31.2 Å². The first kappa shape index (κ1) is 16.7. The largest absolute Gasteiger partial charge is 0.497 e. The maximum atomic E-state index is 12.5. The number of benzene rings is 1. The fourth-order valence-electron chi connectivity index (χ4n) is 3.78. The van der Waals surface area contributed by atoms with Gasteiger partial charge in [-0.25, -0.2) is 8.42 Å². The number of rotatable bonds is 6. The predicted octanol–water partition coefficient (Wildman–Crippen LogP) is 1.72. The first-order valence-corrected chi connectivity index (χ1v) is 9.81. The molecule has 2 aliphatic heterocycles. The first-order chi connectivity index (χ1) is 11.0. The van der Waals surface area contributed by atoms with E-state index in [9.17, 15) is 8.42 Å². The molecule has 2 fully saturated rings. The quantitative estimate of drug-likeness (QED) is 0.790. The summed E-state index contributed by atoms with van der Waals surface area (Å²) in [6.45, 7) is 5.18. The molecule has 2 aliphatic rings. The summed E-state index contributed by atoms with van der Waals surface area (Å²) in [7, 11) is -1.36. The van der Waals surface area contributed by atoms with Gasteiger partial charge in [-0.2, -0.15) is 0 Å². The van der Waals surface area contributed by atoms with E-state index in [0.717, 1.165) is 18.7 Å². The highest BCUT2D eigenvalue weighted by atomic mass is 32.2. The fraction of sp³-hybridized carbons (Fsp3) is 0.647. The van der Waals surface area contributed by atoms with Gasteiger partial charge in [0.05, 0.1) is 19.5 Å². The molecule has 128 valence electrons. The third kappa shape index (κ3) is 2.99. The monoisotopic (exact) mass is 339 g/mol. The van der Waals surface area contributed by atoms with Gasteiger partial charge in [-0.15, -0.1) is 0 Å². The third-order valence-corrected chi connectivity index (χ3v) is 7.77. The summed E-state index contributed by atoms with van der Waals surface area (Å²) >= 11 is 0. The van der Waals surface area contributed by atoms with Crippen molar-refractivity contribution in [3.8, 4) is 5.75 Å². The Balaban J connectivity index is 1.64. The minimum atomic E-state index is -3.01. The van der Waals surface area contributed by atoms with Gasteiger partial charge in [-0.05, 0) is 31.0 Å². The second-order valence-corrected chi connectivity index (χ2v) is 8.97. The molecule has 0 radical (unpaired) electrons. The van der Waals surface area contributed by atoms with Crippen molar-refractivity contribution in [2.45, 2.75) is 24.6 Å². The molecule has 0 N–H and O–H groups in total. The summed E-state index contributed by atoms with van der Waals surface area (Å²) in [5.74, 6) is 1.28. The van der Waals surface area contributed by atoms with Gasteiger partial charge in [0.15, 0.2) is 9.84 Å². The predicted molar refractivity (Wildman–Crippen MR) is 89.4 cm³/mol. The van der Waals surface area contributed by atoms with Crippen molar-refractivity contribution >= 4 is 9.84 Å². The second-order valence-electron chi connectivity index (χ2n) is 6.52. The molecular formula is C17H25NO4S. The van der Waals surface area contributed by atoms with Crippen LogP contribution in [0.3, 0.4) is 0 Å². The molecule has 0 unspecified atom stereocenters. The molecule has 0 saturated carbocycles. The normalized spacial score (nSPS) is 25.4. The van der Waals surface area contributed by atoms with Gasteiger partial charge in [-0.1, -0.05) is 12.1 Å². The van der Waals surface area contributed by atoms with Crippen LogP contribution in [0.15, 0.2) is 24.3 Å². The van der Waals surface area contributed by atoms with E-state index in [1.54, 1.807) is 7.11 Å². The number of nitrogens with zero attached hydrogens (tertiary/aromatic N) is 1. The number of hydrogen-bond donors (Lipinski definition) is 0. The van der Waals surface area contributed by atoms with Gasteiger partial charge in [0, 0.05) is 32.2 Å². The number of methoxy groups -OCH3 is 1. The molecule has 6 heteroatoms. The summed E-state index contributed by atoms with van der Waals surface area (Å²) < 4.78 is 35.2. The van der Waals surface area contributed by atoms with E-state index in [0.29, 0.717) is 32.1 Å². The van der Waals surface area contributed by atoms with Gasteiger partial charge >= 0.3 is 0 Å². The number of likely N-dealkylation sites (tertiary alicyclic amines) is 1. The number of hydrogen-bond acceptors (Lipinski definition) is 5. The van der Waals surface area contributed by atoms with E-state index in [1.165, 1.54) is 5.56 Å². The summed E-state index contributed by atoms with van der Waals surface area (Å²) in [5, 5.41) is 0. The van der Waals surface area contributed by atoms with E-state index >= 15 is 0 Å². The Hall–Kier alpha value is -1.11. The van der Waals surface area contributed by atoms with Crippen LogP contribution in [0, 0.1) is 5.92 Å². The first-order valence-electron chi connectivity index (χ1n) is 8.16. The van der Waals surface area contributed by atoms with Gasteiger partial charge in [-0.3, -0.25) is 4.90 Å². The Bertz CT molecular complexity index is 635. The molecule has 1 atom stereocenters. The Morgan fingerprint density at radius 1 is 1.26 bits per heavy atom. The molecule has 1 aromatic rings. The average Bonchev–Trinajstić information content (AvgIpc) is 2.77. The van der Waals surface area contributed by atoms with Crippen LogP contribution in [-0.2, 0) is 21.1 Å². The van der Waals surface area contributed by atoms with Crippen molar-refractivity contribution in [3.05, 3.63) is 29.8 Å². The molecule has 2 heterocycles. The van der Waals surface area contributed by atoms with Crippen molar-refractivity contribution in [1.29, 1.82) is 0 Å². The zero-order valence-electron chi connectivity index (χ0n) is 13.8. The van der Waals surface area contributed by atoms with Crippen LogP contribution >= 0.6 is 0 Å². The minimum Gasteiger partial charge on any atom is -0.497 e. The maximum absolute atomic E-state index is 12.5. The lowest BCUT2D eigenvalue weighted by Crippen LogP contribution is -2.67. The third-order valence-electron chi connectivity index (χ3n) is 5.17. The SMILES string of the molecule is CCOC[C@H]1CCS(=O)(=O)C12CN(Cc1ccc(OC)cc1)C2. The summed E-state index contributed by atoms with van der Waals surface area (Å²) in [6, 6.07) is 7.94. The van der Waals surface area contributed by atoms with E-state index in [4.69, 9.17) is 9.47 Å². The number of sulfone groups is 1. The average molecular weight is 339 g/mol. The standard InChI is InChI=1S/C17H25NO4S/c1-3-22-11-15-8-9-23(19,20)17(15)12-18(13-17)10-14-4-6-16(21-2)7-5-14/h4-7,15H,3,8-13H2,1-2H3/t15-/m1/s1. The molecule has 5 nitrogen and oxygen atoms in total. The highest BCUT2D eigenvalue weighted by Gasteiger charge is 2.61. The summed E-state index contributed by atoms with van der Waals surface area (Å²) in [6.07, 6.45) is 0.735. The topological polar surface area (TPSA) is 55.8 Å². The van der Waals surface area contributed by atoms with Crippen molar-refractivity contribution in [1.82, 2.24) is 4.90 Å². The molecule has 0 aliphatic carbocycles. The highest BCUT2D eigenvalue weighted by Crippen LogP contribution is 2.45. The lowest BCUT2D eigenvalue weighted by molar-refractivity contribution is 0.0292. The molecule has 0 amide bonds. The molecule has 23 heavy (non-hydrogen) atoms. The zero-order valence-corrected chi connectivity index (χ0v) is 14.6. The minimum absolute atomic E-state index is 0.138. The molecule has 2 saturated heterocycles. The van der Waals surface area contributed by atoms with Crippen LogP contribution in [0.25, 0.3) is 0 Å². The van der Waals surface area contributed by atoms with E-state index in [-0.39, 0.29) is 5.92 Å². The van der Waals surface area contributed by atoms with Gasteiger partial charge in [0.25, 0.3) is 0 Å². The fourth-order valence-corrected chi connectivity index (χ4v) is 6.23. The smallest absolute Gasteiger partial charge is 0.158 e. The molecule has 1 spiro atoms. The Morgan fingerprint density at radius 3 is 2.57 bits per heavy atom. The van der Waals surface area contributed by atoms with Crippen LogP contribution in [0.5, 0.6) is 5.75 Å². The van der Waals surface area contributed by atoms with E-state index in [2.05, 4.69) is 4.90 Å². The molecule has 0 aromatic heterocycles. The van der Waals surface area contributed by atoms with E-state index < -0.39 is 14.6 Å². The summed E-state index contributed by atoms with van der Waals surface area (Å²) in [5.41, 5.74) is 1.18. The van der Waals surface area contributed by atoms with Crippen molar-refractivity contribution in [2.24, 2.45) is 5.92 Å². The Morgan fingerprint density at radius 2 is 1.96 bits per heavy atom. The van der Waals surface area contributed by atoms with Crippen LogP contribution < -0.4 is 4.74 Å². The van der Waals surface area contributed by atoms with Crippen molar-refractivity contribution in [2.75, 3.05) is 39.2 Å². The number of ether oxygens (including phenoxy) is 2. The highest BCUT2D eigenvalue weighted by molar-refractivity contribution is 7.93. The summed E-state index contributed by atoms with van der Waals surface area (Å²) in [4.78, 5) is 2.21. The zero-order chi connectivity index (χ0) is 16.5. The maximum Gasteiger partial charge on any atom is 0.158 e. The lowest BCUT2D eigenvalue weighted by atomic mass is 9.83. The van der Waals surface area contributed by atoms with Gasteiger partial charge in [0.2, 0.25) is 0 Å². The molecule has 3 rings (SSSR count). The van der Waals surface area contributed by atoms with Crippen LogP contribution in [0.1, 0.15) is 18.9 Å². The van der Waals surface area contributed by atoms with Crippen LogP contribution in [0.2, 0.25) is 0 Å². The van der Waals surface area contributed by atoms with Gasteiger partial charge < -0.3 is 9.47 Å². The van der Waals surface area contributed by atoms with Crippen molar-refractivity contribution in [3.63, 3.8) is 0 Å². The van der Waals surface area contributed by atoms with Gasteiger partial charge in [0.1, 0.15) is 10.5 Å². The Labute approximate surface area is 138 Å². The second kappa shape index (κ2) is 6.42. The van der Waals surface area contributed by atoms with Crippen molar-refractivity contribution < 1.29 is 17.9 Å². The lowest BCUT2D eigenvalue weighted by Gasteiger charge is -2.50. The Kier molecular flexibility index (Phi) is 4.67. The van der Waals surface area contributed by atoms with Crippen LogP contribution in [0.4, 0.5) is 0 Å². The molecule has 0 bridgehead atoms. The van der Waals surface area contributed by atoms with Crippen LogP contribution in [-0.4, -0.2) is 57.2 Å².